The van der Waals surface area contributed by atoms with E-state index >= 15 is 0 Å². The van der Waals surface area contributed by atoms with Crippen LogP contribution < -0.4 is 4.72 Å². The van der Waals surface area contributed by atoms with E-state index in [4.69, 9.17) is 0 Å². The molecular weight excluding hydrogens is 352 g/mol. The first-order chi connectivity index (χ1) is 12.5. The Bertz CT molecular complexity index is 798. The number of aromatic nitrogens is 2. The maximum atomic E-state index is 12.4. The van der Waals surface area contributed by atoms with Gasteiger partial charge >= 0.3 is 0 Å². The van der Waals surface area contributed by atoms with Crippen molar-refractivity contribution in [3.8, 4) is 0 Å². The van der Waals surface area contributed by atoms with Crippen LogP contribution in [0.5, 0.6) is 0 Å². The zero-order chi connectivity index (χ0) is 18.4. The molecule has 1 amide bonds. The lowest BCUT2D eigenvalue weighted by Gasteiger charge is -2.32. The monoisotopic (exact) mass is 376 g/mol. The molecule has 1 aromatic heterocycles. The van der Waals surface area contributed by atoms with E-state index in [2.05, 4.69) is 9.82 Å². The zero-order valence-electron chi connectivity index (χ0n) is 14.6. The van der Waals surface area contributed by atoms with Crippen LogP contribution in [0, 0.1) is 0 Å². The predicted molar refractivity (Wildman–Crippen MR) is 97.8 cm³/mol. The van der Waals surface area contributed by atoms with Crippen molar-refractivity contribution in [2.75, 3.05) is 13.1 Å². The largest absolute Gasteiger partial charge is 0.343 e. The molecule has 0 aliphatic carbocycles. The predicted octanol–water partition coefficient (Wildman–Crippen LogP) is 1.63. The van der Waals surface area contributed by atoms with Crippen LogP contribution in [0.3, 0.4) is 0 Å². The molecule has 3 rings (SSSR count). The molecule has 1 aliphatic rings. The summed E-state index contributed by atoms with van der Waals surface area (Å²) in [5.41, 5.74) is 0. The summed E-state index contributed by atoms with van der Waals surface area (Å²) < 4.78 is 29.3. The third-order valence-corrected chi connectivity index (χ3v) is 6.10. The van der Waals surface area contributed by atoms with Crippen LogP contribution in [-0.4, -0.2) is 48.1 Å². The van der Waals surface area contributed by atoms with E-state index in [1.807, 2.05) is 21.8 Å². The molecule has 0 radical (unpaired) electrons. The Balaban J connectivity index is 1.43. The second-order valence-electron chi connectivity index (χ2n) is 6.46. The van der Waals surface area contributed by atoms with Gasteiger partial charge in [-0.15, -0.1) is 0 Å². The highest BCUT2D eigenvalue weighted by atomic mass is 32.2. The fraction of sp³-hybridized carbons (Fsp3) is 0.444. The van der Waals surface area contributed by atoms with Gasteiger partial charge in [0.25, 0.3) is 0 Å². The average molecular weight is 376 g/mol. The van der Waals surface area contributed by atoms with Gasteiger partial charge in [-0.1, -0.05) is 18.2 Å². The molecule has 1 saturated heterocycles. The number of aryl methyl sites for hydroxylation is 1. The van der Waals surface area contributed by atoms with Gasteiger partial charge < -0.3 is 4.90 Å². The van der Waals surface area contributed by atoms with Gasteiger partial charge in [0.2, 0.25) is 15.9 Å². The molecular formula is C18H24N4O3S. The van der Waals surface area contributed by atoms with Crippen molar-refractivity contribution < 1.29 is 13.2 Å². The van der Waals surface area contributed by atoms with Crippen LogP contribution >= 0.6 is 0 Å². The Morgan fingerprint density at radius 2 is 1.88 bits per heavy atom. The van der Waals surface area contributed by atoms with Gasteiger partial charge in [0.05, 0.1) is 4.90 Å². The minimum atomic E-state index is -3.50. The van der Waals surface area contributed by atoms with E-state index in [0.717, 1.165) is 13.0 Å². The number of benzene rings is 1. The van der Waals surface area contributed by atoms with Gasteiger partial charge in [0.15, 0.2) is 0 Å². The summed E-state index contributed by atoms with van der Waals surface area (Å²) in [6, 6.07) is 10.1. The van der Waals surface area contributed by atoms with Crippen molar-refractivity contribution >= 4 is 15.9 Å². The molecule has 0 saturated carbocycles. The lowest BCUT2D eigenvalue weighted by atomic mass is 10.1. The Labute approximate surface area is 154 Å². The quantitative estimate of drug-likeness (QED) is 0.796. The molecule has 0 unspecified atom stereocenters. The number of carbonyl (C=O) groups is 1. The Kier molecular flexibility index (Phi) is 6.05. The zero-order valence-corrected chi connectivity index (χ0v) is 15.4. The van der Waals surface area contributed by atoms with Crippen molar-refractivity contribution in [1.29, 1.82) is 0 Å². The van der Waals surface area contributed by atoms with E-state index in [-0.39, 0.29) is 16.8 Å². The third kappa shape index (κ3) is 4.92. The standard InChI is InChI=1S/C18H24N4O3S/c23-18(8-4-12-22-13-5-11-19-22)21-14-9-16(10-15-21)20-26(24,25)17-6-2-1-3-7-17/h1-3,5-7,11,13,16,20H,4,8-10,12,14-15H2. The number of sulfonamides is 1. The maximum Gasteiger partial charge on any atom is 0.240 e. The smallest absolute Gasteiger partial charge is 0.240 e. The topological polar surface area (TPSA) is 84.3 Å². The van der Waals surface area contributed by atoms with Gasteiger partial charge in [-0.25, -0.2) is 13.1 Å². The summed E-state index contributed by atoms with van der Waals surface area (Å²) >= 11 is 0. The third-order valence-electron chi connectivity index (χ3n) is 4.56. The van der Waals surface area contributed by atoms with Gasteiger partial charge in [-0.3, -0.25) is 9.48 Å². The minimum absolute atomic E-state index is 0.126. The van der Waals surface area contributed by atoms with Crippen LogP contribution in [-0.2, 0) is 21.4 Å². The Morgan fingerprint density at radius 3 is 2.54 bits per heavy atom. The van der Waals surface area contributed by atoms with Crippen molar-refractivity contribution in [3.05, 3.63) is 48.8 Å². The number of nitrogens with zero attached hydrogens (tertiary/aromatic N) is 3. The number of carbonyl (C=O) groups excluding carboxylic acids is 1. The van der Waals surface area contributed by atoms with E-state index in [1.54, 1.807) is 36.5 Å². The molecule has 1 aliphatic heterocycles. The lowest BCUT2D eigenvalue weighted by molar-refractivity contribution is -0.132. The molecule has 2 heterocycles. The normalized spacial score (nSPS) is 15.9. The van der Waals surface area contributed by atoms with Crippen molar-refractivity contribution in [2.45, 2.75) is 43.2 Å². The summed E-state index contributed by atoms with van der Waals surface area (Å²) in [5, 5.41) is 4.12. The molecule has 8 heteroatoms. The summed E-state index contributed by atoms with van der Waals surface area (Å²) in [7, 11) is -3.50. The number of likely N-dealkylation sites (tertiary alicyclic amines) is 1. The molecule has 1 fully saturated rings. The summed E-state index contributed by atoms with van der Waals surface area (Å²) in [5.74, 6) is 0.126. The van der Waals surface area contributed by atoms with Crippen molar-refractivity contribution in [1.82, 2.24) is 19.4 Å². The first-order valence-corrected chi connectivity index (χ1v) is 10.4. The van der Waals surface area contributed by atoms with Crippen LogP contribution in [0.4, 0.5) is 0 Å². The molecule has 1 aromatic carbocycles. The molecule has 0 spiro atoms. The molecule has 0 atom stereocenters. The number of rotatable bonds is 7. The molecule has 26 heavy (non-hydrogen) atoms. The SMILES string of the molecule is O=C(CCCn1cccn1)N1CCC(NS(=O)(=O)c2ccccc2)CC1. The van der Waals surface area contributed by atoms with Gasteiger partial charge in [0, 0.05) is 44.5 Å². The van der Waals surface area contributed by atoms with E-state index < -0.39 is 10.0 Å². The first-order valence-electron chi connectivity index (χ1n) is 8.87. The van der Waals surface area contributed by atoms with Gasteiger partial charge in [0.1, 0.15) is 0 Å². The van der Waals surface area contributed by atoms with Crippen LogP contribution in [0.15, 0.2) is 53.7 Å². The van der Waals surface area contributed by atoms with Crippen molar-refractivity contribution in [3.63, 3.8) is 0 Å². The fourth-order valence-electron chi connectivity index (χ4n) is 3.12. The highest BCUT2D eigenvalue weighted by Crippen LogP contribution is 2.16. The molecule has 140 valence electrons. The van der Waals surface area contributed by atoms with Gasteiger partial charge in [-0.2, -0.15) is 5.10 Å². The van der Waals surface area contributed by atoms with Gasteiger partial charge in [-0.05, 0) is 37.5 Å². The number of piperidine rings is 1. The first kappa shape index (κ1) is 18.6. The summed E-state index contributed by atoms with van der Waals surface area (Å²) in [6.07, 6.45) is 6.12. The minimum Gasteiger partial charge on any atom is -0.343 e. The Hall–Kier alpha value is -2.19. The van der Waals surface area contributed by atoms with Crippen LogP contribution in [0.1, 0.15) is 25.7 Å². The van der Waals surface area contributed by atoms with Crippen LogP contribution in [0.2, 0.25) is 0 Å². The lowest BCUT2D eigenvalue weighted by Crippen LogP contribution is -2.46. The van der Waals surface area contributed by atoms with E-state index in [0.29, 0.717) is 32.4 Å². The molecule has 7 nitrogen and oxygen atoms in total. The highest BCUT2D eigenvalue weighted by molar-refractivity contribution is 7.89. The van der Waals surface area contributed by atoms with Crippen LogP contribution in [0.25, 0.3) is 0 Å². The number of amides is 1. The molecule has 2 aromatic rings. The second kappa shape index (κ2) is 8.46. The molecule has 1 N–H and O–H groups in total. The van der Waals surface area contributed by atoms with E-state index in [1.165, 1.54) is 0 Å². The molecule has 0 bridgehead atoms. The van der Waals surface area contributed by atoms with Crippen molar-refractivity contribution in [2.24, 2.45) is 0 Å². The van der Waals surface area contributed by atoms with E-state index in [9.17, 15) is 13.2 Å². The number of nitrogens with one attached hydrogen (secondary N) is 1. The second-order valence-corrected chi connectivity index (χ2v) is 8.18. The summed E-state index contributed by atoms with van der Waals surface area (Å²) in [6.45, 7) is 1.90. The maximum absolute atomic E-state index is 12.4. The highest BCUT2D eigenvalue weighted by Gasteiger charge is 2.26. The summed E-state index contributed by atoms with van der Waals surface area (Å²) in [4.78, 5) is 14.4. The number of hydrogen-bond donors (Lipinski definition) is 1. The number of hydrogen-bond acceptors (Lipinski definition) is 4. The Morgan fingerprint density at radius 1 is 1.15 bits per heavy atom. The fourth-order valence-corrected chi connectivity index (χ4v) is 4.44. The average Bonchev–Trinajstić information content (AvgIpc) is 3.16.